The number of sulfone groups is 1. The lowest BCUT2D eigenvalue weighted by Gasteiger charge is -2.13. The van der Waals surface area contributed by atoms with Crippen LogP contribution >= 0.6 is 11.6 Å². The van der Waals surface area contributed by atoms with Crippen molar-refractivity contribution in [2.75, 3.05) is 18.1 Å². The smallest absolute Gasteiger partial charge is 0.322 e. The molecule has 0 aromatic heterocycles. The van der Waals surface area contributed by atoms with Crippen molar-refractivity contribution >= 4 is 33.1 Å². The molecule has 0 amide bonds. The molecule has 0 spiro atoms. The topological polar surface area (TPSA) is 92.7 Å². The molecule has 0 aliphatic carbocycles. The number of carboxylic acid groups (broad SMARTS) is 1. The highest BCUT2D eigenvalue weighted by molar-refractivity contribution is 7.90. The van der Waals surface area contributed by atoms with Gasteiger partial charge in [0.25, 0.3) is 0 Å². The fourth-order valence-corrected chi connectivity index (χ4v) is 2.74. The van der Waals surface area contributed by atoms with E-state index in [1.165, 1.54) is 24.3 Å². The second-order valence-corrected chi connectivity index (χ2v) is 7.28. The summed E-state index contributed by atoms with van der Waals surface area (Å²) in [7, 11) is -3.43. The van der Waals surface area contributed by atoms with Gasteiger partial charge in [0.15, 0.2) is 15.6 Å². The Morgan fingerprint density at radius 1 is 1.25 bits per heavy atom. The molecule has 0 fully saturated rings. The number of carboxylic acids is 1. The zero-order chi connectivity index (χ0) is 17.9. The summed E-state index contributed by atoms with van der Waals surface area (Å²) in [6.45, 7) is -0.386. The van der Waals surface area contributed by atoms with Crippen LogP contribution in [0.2, 0.25) is 5.02 Å². The van der Waals surface area contributed by atoms with Gasteiger partial charge in [-0.15, -0.1) is 0 Å². The molecular weight excluding hydrogens is 361 g/mol. The molecule has 0 heterocycles. The van der Waals surface area contributed by atoms with E-state index in [0.717, 1.165) is 18.4 Å². The van der Waals surface area contributed by atoms with Crippen molar-refractivity contribution < 1.29 is 27.4 Å². The van der Waals surface area contributed by atoms with Gasteiger partial charge in [-0.1, -0.05) is 11.6 Å². The first-order chi connectivity index (χ1) is 11.2. The molecule has 128 valence electrons. The van der Waals surface area contributed by atoms with Crippen molar-refractivity contribution in [1.29, 1.82) is 0 Å². The fourth-order valence-electron chi connectivity index (χ4n) is 1.81. The lowest BCUT2D eigenvalue weighted by molar-refractivity contribution is -0.134. The van der Waals surface area contributed by atoms with Gasteiger partial charge >= 0.3 is 5.97 Å². The zero-order valence-electron chi connectivity index (χ0n) is 12.4. The highest BCUT2D eigenvalue weighted by Gasteiger charge is 2.13. The summed E-state index contributed by atoms with van der Waals surface area (Å²) < 4.78 is 41.9. The maximum Gasteiger partial charge on any atom is 0.322 e. The Morgan fingerprint density at radius 3 is 2.54 bits per heavy atom. The monoisotopic (exact) mass is 373 g/mol. The minimum absolute atomic E-state index is 0.0170. The minimum atomic E-state index is -3.43. The van der Waals surface area contributed by atoms with E-state index in [1.807, 2.05) is 0 Å². The largest absolute Gasteiger partial charge is 0.480 e. The first-order valence-electron chi connectivity index (χ1n) is 6.59. The summed E-state index contributed by atoms with van der Waals surface area (Å²) in [5.41, 5.74) is 0.252. The molecule has 24 heavy (non-hydrogen) atoms. The predicted octanol–water partition coefficient (Wildman–Crippen LogP) is 3.17. The summed E-state index contributed by atoms with van der Waals surface area (Å²) in [6, 6.07) is 7.39. The van der Waals surface area contributed by atoms with Crippen molar-refractivity contribution in [3.8, 4) is 11.5 Å². The van der Waals surface area contributed by atoms with E-state index in [4.69, 9.17) is 21.4 Å². The van der Waals surface area contributed by atoms with Gasteiger partial charge in [0, 0.05) is 12.3 Å². The first-order valence-corrected chi connectivity index (χ1v) is 8.86. The second kappa shape index (κ2) is 7.06. The SMILES string of the molecule is CS(=O)(=O)c1ccc(Oc2cc(F)ccc2NCC(=O)O)c(Cl)c1. The Bertz CT molecular complexity index is 885. The summed E-state index contributed by atoms with van der Waals surface area (Å²) in [6.07, 6.45) is 1.04. The molecular formula is C15H13ClFNO5S. The van der Waals surface area contributed by atoms with Crippen LogP contribution in [0.1, 0.15) is 0 Å². The zero-order valence-corrected chi connectivity index (χ0v) is 14.0. The lowest BCUT2D eigenvalue weighted by Crippen LogP contribution is -2.12. The van der Waals surface area contributed by atoms with Gasteiger partial charge in [0.05, 0.1) is 15.6 Å². The number of benzene rings is 2. The van der Waals surface area contributed by atoms with Crippen LogP contribution in [0.3, 0.4) is 0 Å². The van der Waals surface area contributed by atoms with Gasteiger partial charge in [0.1, 0.15) is 18.1 Å². The molecule has 0 unspecified atom stereocenters. The van der Waals surface area contributed by atoms with Gasteiger partial charge in [0.2, 0.25) is 0 Å². The van der Waals surface area contributed by atoms with Crippen LogP contribution in [0.25, 0.3) is 0 Å². The number of anilines is 1. The van der Waals surface area contributed by atoms with Gasteiger partial charge in [-0.2, -0.15) is 0 Å². The molecule has 0 radical (unpaired) electrons. The third-order valence-corrected chi connectivity index (χ3v) is 4.33. The average Bonchev–Trinajstić information content (AvgIpc) is 2.47. The van der Waals surface area contributed by atoms with Gasteiger partial charge < -0.3 is 15.2 Å². The number of halogens is 2. The maximum absolute atomic E-state index is 13.4. The van der Waals surface area contributed by atoms with E-state index in [1.54, 1.807) is 0 Å². The van der Waals surface area contributed by atoms with Crippen LogP contribution in [-0.4, -0.2) is 32.3 Å². The quantitative estimate of drug-likeness (QED) is 0.807. The molecule has 2 aromatic rings. The van der Waals surface area contributed by atoms with E-state index < -0.39 is 21.6 Å². The Morgan fingerprint density at radius 2 is 1.96 bits per heavy atom. The Balaban J connectivity index is 2.33. The summed E-state index contributed by atoms with van der Waals surface area (Å²) >= 11 is 6.01. The molecule has 0 saturated heterocycles. The average molecular weight is 374 g/mol. The van der Waals surface area contributed by atoms with E-state index in [-0.39, 0.29) is 33.6 Å². The van der Waals surface area contributed by atoms with E-state index in [0.29, 0.717) is 0 Å². The standard InChI is InChI=1S/C15H13ClFNO5S/c1-24(21,22)10-3-5-13(11(16)7-10)23-14-6-9(17)2-4-12(14)18-8-15(19)20/h2-7,18H,8H2,1H3,(H,19,20). The normalized spacial score (nSPS) is 11.1. The van der Waals surface area contributed by atoms with Crippen molar-refractivity contribution in [3.63, 3.8) is 0 Å². The number of hydrogen-bond donors (Lipinski definition) is 2. The first kappa shape index (κ1) is 18.0. The number of carbonyl (C=O) groups is 1. The van der Waals surface area contributed by atoms with Crippen molar-refractivity contribution in [1.82, 2.24) is 0 Å². The van der Waals surface area contributed by atoms with E-state index in [2.05, 4.69) is 5.32 Å². The molecule has 0 bridgehead atoms. The van der Waals surface area contributed by atoms with Crippen LogP contribution < -0.4 is 10.1 Å². The number of nitrogens with one attached hydrogen (secondary N) is 1. The van der Waals surface area contributed by atoms with Gasteiger partial charge in [-0.3, -0.25) is 4.79 Å². The molecule has 2 aromatic carbocycles. The molecule has 2 N–H and O–H groups in total. The van der Waals surface area contributed by atoms with Crippen molar-refractivity contribution in [3.05, 3.63) is 47.2 Å². The predicted molar refractivity (Wildman–Crippen MR) is 87.2 cm³/mol. The van der Waals surface area contributed by atoms with Crippen LogP contribution in [-0.2, 0) is 14.6 Å². The molecule has 6 nitrogen and oxygen atoms in total. The summed E-state index contributed by atoms with van der Waals surface area (Å²) in [5, 5.41) is 11.3. The number of aliphatic carboxylic acids is 1. The van der Waals surface area contributed by atoms with Crippen LogP contribution in [0, 0.1) is 5.82 Å². The van der Waals surface area contributed by atoms with E-state index >= 15 is 0 Å². The summed E-state index contributed by atoms with van der Waals surface area (Å²) in [5.74, 6) is -1.56. The minimum Gasteiger partial charge on any atom is -0.480 e. The maximum atomic E-state index is 13.4. The Hall–Kier alpha value is -2.32. The third kappa shape index (κ3) is 4.59. The second-order valence-electron chi connectivity index (χ2n) is 4.85. The number of hydrogen-bond acceptors (Lipinski definition) is 5. The Kier molecular flexibility index (Phi) is 5.30. The van der Waals surface area contributed by atoms with Crippen LogP contribution in [0.4, 0.5) is 10.1 Å². The number of rotatable bonds is 6. The molecule has 9 heteroatoms. The van der Waals surface area contributed by atoms with Crippen LogP contribution in [0.15, 0.2) is 41.3 Å². The third-order valence-electron chi connectivity index (χ3n) is 2.93. The van der Waals surface area contributed by atoms with E-state index in [9.17, 15) is 17.6 Å². The van der Waals surface area contributed by atoms with Crippen molar-refractivity contribution in [2.24, 2.45) is 0 Å². The van der Waals surface area contributed by atoms with Crippen LogP contribution in [0.5, 0.6) is 11.5 Å². The Labute approximate surface area is 142 Å². The lowest BCUT2D eigenvalue weighted by atomic mass is 10.2. The fraction of sp³-hybridized carbons (Fsp3) is 0.133. The molecule has 0 aliphatic heterocycles. The molecule has 0 aliphatic rings. The van der Waals surface area contributed by atoms with Crippen molar-refractivity contribution in [2.45, 2.75) is 4.90 Å². The highest BCUT2D eigenvalue weighted by atomic mass is 35.5. The molecule has 2 rings (SSSR count). The molecule has 0 saturated carbocycles. The molecule has 0 atom stereocenters. The van der Waals surface area contributed by atoms with Gasteiger partial charge in [-0.25, -0.2) is 12.8 Å². The van der Waals surface area contributed by atoms with Gasteiger partial charge in [-0.05, 0) is 30.3 Å². The number of ether oxygens (including phenoxy) is 1. The highest BCUT2D eigenvalue weighted by Crippen LogP contribution is 2.35. The summed E-state index contributed by atoms with van der Waals surface area (Å²) in [4.78, 5) is 10.7.